The summed E-state index contributed by atoms with van der Waals surface area (Å²) >= 11 is 3.07. The first-order valence-corrected chi connectivity index (χ1v) is 9.62. The number of Topliss-reactive ketones (excluding diaryl/α,β-unsaturated/α-hetero) is 1. The first kappa shape index (κ1) is 21.4. The van der Waals surface area contributed by atoms with Crippen molar-refractivity contribution in [3.8, 4) is 5.75 Å². The maximum atomic E-state index is 11.9. The molecule has 25 heavy (non-hydrogen) atoms. The largest absolute Gasteiger partial charge is 0.497 e. The Kier molecular flexibility index (Phi) is 8.90. The summed E-state index contributed by atoms with van der Waals surface area (Å²) in [6, 6.07) is 7.83. The van der Waals surface area contributed by atoms with Crippen LogP contribution in [0, 0.1) is 11.8 Å². The molecule has 0 atom stereocenters. The van der Waals surface area contributed by atoms with Crippen LogP contribution in [-0.2, 0) is 16.1 Å². The molecule has 0 aliphatic carbocycles. The number of carbonyl (C=O) groups excluding carboxylic acids is 2. The lowest BCUT2D eigenvalue weighted by Crippen LogP contribution is -2.20. The standard InChI is InChI=1S/C15H19NO2.C5H9BrO/c1-11(2)13-8-15(17)16(10-13)9-12-4-6-14(18-3)7-5-12;1-4(2)5(7)3-6/h4-7,10-11H,8-9H2,1-3H3;4H,3H2,1-2H3. The average molecular weight is 410 g/mol. The molecule has 1 aromatic carbocycles. The number of halogens is 1. The van der Waals surface area contributed by atoms with Crippen molar-refractivity contribution < 1.29 is 14.3 Å². The fourth-order valence-electron chi connectivity index (χ4n) is 2.16. The summed E-state index contributed by atoms with van der Waals surface area (Å²) in [6.45, 7) is 8.66. The third kappa shape index (κ3) is 7.02. The first-order valence-electron chi connectivity index (χ1n) is 8.50. The molecule has 0 saturated carbocycles. The molecule has 1 aromatic rings. The molecule has 5 heteroatoms. The maximum absolute atomic E-state index is 11.9. The molecule has 0 unspecified atom stereocenters. The van der Waals surface area contributed by atoms with Gasteiger partial charge in [-0.1, -0.05) is 55.8 Å². The quantitative estimate of drug-likeness (QED) is 0.646. The molecule has 1 heterocycles. The summed E-state index contributed by atoms with van der Waals surface area (Å²) < 4.78 is 5.12. The molecule has 1 amide bonds. The number of nitrogens with zero attached hydrogens (tertiary/aromatic N) is 1. The number of alkyl halides is 1. The predicted molar refractivity (Wildman–Crippen MR) is 105 cm³/mol. The van der Waals surface area contributed by atoms with E-state index in [0.717, 1.165) is 11.3 Å². The maximum Gasteiger partial charge on any atom is 0.230 e. The van der Waals surface area contributed by atoms with Gasteiger partial charge in [-0.25, -0.2) is 0 Å². The molecule has 4 nitrogen and oxygen atoms in total. The van der Waals surface area contributed by atoms with Gasteiger partial charge in [-0.15, -0.1) is 0 Å². The van der Waals surface area contributed by atoms with Crippen LogP contribution in [0.1, 0.15) is 39.7 Å². The van der Waals surface area contributed by atoms with E-state index in [1.807, 2.05) is 44.3 Å². The van der Waals surface area contributed by atoms with Crippen LogP contribution in [-0.4, -0.2) is 29.0 Å². The van der Waals surface area contributed by atoms with E-state index in [4.69, 9.17) is 4.74 Å². The van der Waals surface area contributed by atoms with E-state index in [-0.39, 0.29) is 17.6 Å². The number of ether oxygens (including phenoxy) is 1. The van der Waals surface area contributed by atoms with Gasteiger partial charge in [0.15, 0.2) is 0 Å². The van der Waals surface area contributed by atoms with E-state index >= 15 is 0 Å². The molecular weight excluding hydrogens is 382 g/mol. The number of carbonyl (C=O) groups is 2. The predicted octanol–water partition coefficient (Wildman–Crippen LogP) is 4.57. The lowest BCUT2D eigenvalue weighted by Gasteiger charge is -2.13. The van der Waals surface area contributed by atoms with Crippen molar-refractivity contribution in [2.75, 3.05) is 12.4 Å². The van der Waals surface area contributed by atoms with Crippen LogP contribution >= 0.6 is 15.9 Å². The van der Waals surface area contributed by atoms with Gasteiger partial charge in [0.2, 0.25) is 5.91 Å². The van der Waals surface area contributed by atoms with Crippen molar-refractivity contribution in [2.45, 2.75) is 40.7 Å². The van der Waals surface area contributed by atoms with Crippen molar-refractivity contribution in [3.63, 3.8) is 0 Å². The Balaban J connectivity index is 0.000000381. The van der Waals surface area contributed by atoms with Gasteiger partial charge < -0.3 is 9.64 Å². The summed E-state index contributed by atoms with van der Waals surface area (Å²) in [6.07, 6.45) is 2.56. The van der Waals surface area contributed by atoms with Gasteiger partial charge >= 0.3 is 0 Å². The van der Waals surface area contributed by atoms with Crippen molar-refractivity contribution in [1.29, 1.82) is 0 Å². The van der Waals surface area contributed by atoms with E-state index in [0.29, 0.717) is 24.2 Å². The number of ketones is 1. The second kappa shape index (κ2) is 10.4. The van der Waals surface area contributed by atoms with Gasteiger partial charge in [0, 0.05) is 12.1 Å². The second-order valence-electron chi connectivity index (χ2n) is 6.66. The highest BCUT2D eigenvalue weighted by Gasteiger charge is 2.23. The summed E-state index contributed by atoms with van der Waals surface area (Å²) in [5, 5.41) is 0.491. The van der Waals surface area contributed by atoms with Crippen LogP contribution in [0.25, 0.3) is 0 Å². The first-order chi connectivity index (χ1) is 11.8. The van der Waals surface area contributed by atoms with Crippen LogP contribution in [0.4, 0.5) is 0 Å². The minimum Gasteiger partial charge on any atom is -0.497 e. The monoisotopic (exact) mass is 409 g/mol. The lowest BCUT2D eigenvalue weighted by molar-refractivity contribution is -0.127. The molecule has 0 saturated heterocycles. The molecule has 0 fully saturated rings. The van der Waals surface area contributed by atoms with E-state index < -0.39 is 0 Å². The van der Waals surface area contributed by atoms with E-state index in [1.54, 1.807) is 12.0 Å². The van der Waals surface area contributed by atoms with Crippen molar-refractivity contribution >= 4 is 27.6 Å². The molecule has 2 rings (SSSR count). The third-order valence-electron chi connectivity index (χ3n) is 4.03. The molecule has 1 aliphatic rings. The van der Waals surface area contributed by atoms with Gasteiger partial charge in [-0.3, -0.25) is 9.59 Å². The van der Waals surface area contributed by atoms with Crippen LogP contribution in [0.5, 0.6) is 5.75 Å². The molecule has 0 bridgehead atoms. The van der Waals surface area contributed by atoms with Gasteiger partial charge in [-0.05, 0) is 29.2 Å². The zero-order valence-corrected chi connectivity index (χ0v) is 17.3. The van der Waals surface area contributed by atoms with Gasteiger partial charge in [0.25, 0.3) is 0 Å². The van der Waals surface area contributed by atoms with Gasteiger partial charge in [-0.2, -0.15) is 0 Å². The van der Waals surface area contributed by atoms with Crippen LogP contribution in [0.3, 0.4) is 0 Å². The fourth-order valence-corrected chi connectivity index (χ4v) is 2.81. The number of benzene rings is 1. The molecule has 0 aromatic heterocycles. The molecule has 138 valence electrons. The molecule has 1 aliphatic heterocycles. The Morgan fingerprint density at radius 2 is 1.80 bits per heavy atom. The van der Waals surface area contributed by atoms with E-state index in [1.165, 1.54) is 5.57 Å². The number of rotatable bonds is 6. The number of hydrogen-bond acceptors (Lipinski definition) is 3. The summed E-state index contributed by atoms with van der Waals surface area (Å²) in [5.74, 6) is 1.91. The van der Waals surface area contributed by atoms with E-state index in [9.17, 15) is 9.59 Å². The van der Waals surface area contributed by atoms with Crippen LogP contribution in [0.15, 0.2) is 36.0 Å². The number of hydrogen-bond donors (Lipinski definition) is 0. The Labute approximate surface area is 159 Å². The summed E-state index contributed by atoms with van der Waals surface area (Å²) in [7, 11) is 1.65. The Morgan fingerprint density at radius 3 is 2.16 bits per heavy atom. The Morgan fingerprint density at radius 1 is 1.20 bits per heavy atom. The van der Waals surface area contributed by atoms with Crippen molar-refractivity contribution in [3.05, 3.63) is 41.6 Å². The van der Waals surface area contributed by atoms with Gasteiger partial charge in [0.05, 0.1) is 25.4 Å². The highest BCUT2D eigenvalue weighted by Crippen LogP contribution is 2.24. The third-order valence-corrected chi connectivity index (χ3v) is 4.58. The molecular formula is C20H28BrNO3. The van der Waals surface area contributed by atoms with E-state index in [2.05, 4.69) is 29.8 Å². The van der Waals surface area contributed by atoms with Gasteiger partial charge in [0.1, 0.15) is 11.5 Å². The highest BCUT2D eigenvalue weighted by molar-refractivity contribution is 9.09. The molecule has 0 radical (unpaired) electrons. The number of amides is 1. The van der Waals surface area contributed by atoms with Crippen LogP contribution < -0.4 is 4.74 Å². The SMILES string of the molecule is CC(C)C(=O)CBr.COc1ccc(CN2C=C(C(C)C)CC2=O)cc1. The smallest absolute Gasteiger partial charge is 0.230 e. The second-order valence-corrected chi connectivity index (χ2v) is 7.22. The topological polar surface area (TPSA) is 46.6 Å². The number of methoxy groups -OCH3 is 1. The lowest BCUT2D eigenvalue weighted by atomic mass is 10.0. The molecule has 0 spiro atoms. The Hall–Kier alpha value is -1.62. The zero-order valence-electron chi connectivity index (χ0n) is 15.7. The Bertz CT molecular complexity index is 606. The zero-order chi connectivity index (χ0) is 19.0. The van der Waals surface area contributed by atoms with Crippen molar-refractivity contribution in [1.82, 2.24) is 4.90 Å². The summed E-state index contributed by atoms with van der Waals surface area (Å²) in [4.78, 5) is 24.1. The molecule has 0 N–H and O–H groups in total. The van der Waals surface area contributed by atoms with Crippen molar-refractivity contribution in [2.24, 2.45) is 11.8 Å². The minimum absolute atomic E-state index is 0.180. The van der Waals surface area contributed by atoms with Crippen LogP contribution in [0.2, 0.25) is 0 Å². The minimum atomic E-state index is 0.180. The highest BCUT2D eigenvalue weighted by atomic mass is 79.9. The average Bonchev–Trinajstić information content (AvgIpc) is 2.96. The summed E-state index contributed by atoms with van der Waals surface area (Å²) in [5.41, 5.74) is 2.33. The fraction of sp³-hybridized carbons (Fsp3) is 0.500. The normalized spacial score (nSPS) is 13.7.